The second kappa shape index (κ2) is 7.08. The molecule has 1 aromatic carbocycles. The fraction of sp³-hybridized carbons (Fsp3) is 0.267. The van der Waals surface area contributed by atoms with E-state index in [0.717, 1.165) is 22.7 Å². The summed E-state index contributed by atoms with van der Waals surface area (Å²) >= 11 is 1.37. The summed E-state index contributed by atoms with van der Waals surface area (Å²) in [6, 6.07) is 5.58. The van der Waals surface area contributed by atoms with Crippen LogP contribution in [0.1, 0.15) is 28.0 Å². The maximum atomic E-state index is 12.1. The molecule has 1 aliphatic heterocycles. The number of halogens is 1. The van der Waals surface area contributed by atoms with Gasteiger partial charge in [-0.05, 0) is 30.2 Å². The monoisotopic (exact) mass is 352 g/mol. The SMILES string of the molecule is CC(=O)N1CCc2cc(NC(=O)c3csc(CN)n3)ccc21.Cl. The Morgan fingerprint density at radius 1 is 1.43 bits per heavy atom. The van der Waals surface area contributed by atoms with Gasteiger partial charge in [-0.15, -0.1) is 23.7 Å². The summed E-state index contributed by atoms with van der Waals surface area (Å²) in [6.45, 7) is 2.58. The first-order valence-corrected chi connectivity index (χ1v) is 7.83. The Hall–Kier alpha value is -1.96. The number of hydrogen-bond donors (Lipinski definition) is 2. The molecular weight excluding hydrogens is 336 g/mol. The van der Waals surface area contributed by atoms with Crippen molar-refractivity contribution in [3.63, 3.8) is 0 Å². The largest absolute Gasteiger partial charge is 0.325 e. The molecule has 0 bridgehead atoms. The quantitative estimate of drug-likeness (QED) is 0.886. The van der Waals surface area contributed by atoms with Crippen molar-refractivity contribution in [3.05, 3.63) is 39.8 Å². The number of thiazole rings is 1. The van der Waals surface area contributed by atoms with Gasteiger partial charge >= 0.3 is 0 Å². The molecule has 2 amide bonds. The molecule has 0 radical (unpaired) electrons. The van der Waals surface area contributed by atoms with Crippen molar-refractivity contribution in [1.29, 1.82) is 0 Å². The third kappa shape index (κ3) is 3.52. The van der Waals surface area contributed by atoms with Crippen LogP contribution in [0.25, 0.3) is 0 Å². The molecule has 0 saturated heterocycles. The number of nitrogens with two attached hydrogens (primary N) is 1. The number of nitrogens with one attached hydrogen (secondary N) is 1. The van der Waals surface area contributed by atoms with Crippen LogP contribution in [0.3, 0.4) is 0 Å². The Balaban J connectivity index is 0.00000192. The molecule has 2 aromatic rings. The number of hydrogen-bond acceptors (Lipinski definition) is 5. The van der Waals surface area contributed by atoms with Gasteiger partial charge in [-0.2, -0.15) is 0 Å². The second-order valence-corrected chi connectivity index (χ2v) is 5.99. The minimum Gasteiger partial charge on any atom is -0.325 e. The lowest BCUT2D eigenvalue weighted by molar-refractivity contribution is -0.116. The highest BCUT2D eigenvalue weighted by atomic mass is 35.5. The number of carbonyl (C=O) groups is 2. The molecule has 2 heterocycles. The molecule has 0 spiro atoms. The number of fused-ring (bicyclic) bond motifs is 1. The van der Waals surface area contributed by atoms with Gasteiger partial charge in [-0.25, -0.2) is 4.98 Å². The van der Waals surface area contributed by atoms with Crippen LogP contribution in [0.2, 0.25) is 0 Å². The molecule has 0 saturated carbocycles. The highest BCUT2D eigenvalue weighted by molar-refractivity contribution is 7.09. The Kier molecular flexibility index (Phi) is 5.35. The van der Waals surface area contributed by atoms with E-state index in [9.17, 15) is 9.59 Å². The van der Waals surface area contributed by atoms with Gasteiger partial charge in [0.15, 0.2) is 0 Å². The van der Waals surface area contributed by atoms with Gasteiger partial charge in [0, 0.05) is 36.8 Å². The van der Waals surface area contributed by atoms with Crippen LogP contribution in [-0.2, 0) is 17.8 Å². The van der Waals surface area contributed by atoms with Gasteiger partial charge in [0.2, 0.25) is 5.91 Å². The molecule has 3 rings (SSSR count). The average molecular weight is 353 g/mol. The van der Waals surface area contributed by atoms with Crippen LogP contribution >= 0.6 is 23.7 Å². The van der Waals surface area contributed by atoms with Gasteiger partial charge in [0.1, 0.15) is 10.7 Å². The zero-order chi connectivity index (χ0) is 15.7. The number of anilines is 2. The lowest BCUT2D eigenvalue weighted by atomic mass is 10.1. The molecule has 1 aliphatic rings. The molecule has 1 aromatic heterocycles. The predicted octanol–water partition coefficient (Wildman–Crippen LogP) is 2.18. The molecule has 8 heteroatoms. The molecule has 3 N–H and O–H groups in total. The van der Waals surface area contributed by atoms with E-state index < -0.39 is 0 Å². The zero-order valence-electron chi connectivity index (χ0n) is 12.5. The molecule has 6 nitrogen and oxygen atoms in total. The van der Waals surface area contributed by atoms with E-state index in [1.54, 1.807) is 23.3 Å². The number of amides is 2. The number of rotatable bonds is 3. The van der Waals surface area contributed by atoms with E-state index in [1.807, 2.05) is 12.1 Å². The number of benzene rings is 1. The summed E-state index contributed by atoms with van der Waals surface area (Å²) in [4.78, 5) is 29.6. The van der Waals surface area contributed by atoms with E-state index in [1.165, 1.54) is 11.3 Å². The van der Waals surface area contributed by atoms with Crippen LogP contribution in [0.4, 0.5) is 11.4 Å². The maximum absolute atomic E-state index is 12.1. The topological polar surface area (TPSA) is 88.3 Å². The summed E-state index contributed by atoms with van der Waals surface area (Å²) in [5, 5.41) is 5.26. The molecule has 23 heavy (non-hydrogen) atoms. The third-order valence-electron chi connectivity index (χ3n) is 3.57. The van der Waals surface area contributed by atoms with Crippen LogP contribution in [0.5, 0.6) is 0 Å². The van der Waals surface area contributed by atoms with Crippen molar-refractivity contribution >= 4 is 46.9 Å². The summed E-state index contributed by atoms with van der Waals surface area (Å²) in [5.74, 6) is -0.218. The normalized spacial score (nSPS) is 12.5. The Morgan fingerprint density at radius 3 is 2.87 bits per heavy atom. The highest BCUT2D eigenvalue weighted by Gasteiger charge is 2.22. The van der Waals surface area contributed by atoms with Gasteiger partial charge in [0.25, 0.3) is 5.91 Å². The summed E-state index contributed by atoms with van der Waals surface area (Å²) in [5.41, 5.74) is 8.56. The Bertz CT molecular complexity index is 747. The minimum atomic E-state index is -0.252. The van der Waals surface area contributed by atoms with Crippen LogP contribution in [0.15, 0.2) is 23.6 Å². The highest BCUT2D eigenvalue weighted by Crippen LogP contribution is 2.30. The maximum Gasteiger partial charge on any atom is 0.275 e. The van der Waals surface area contributed by atoms with Crippen molar-refractivity contribution in [2.45, 2.75) is 19.9 Å². The number of nitrogens with zero attached hydrogens (tertiary/aromatic N) is 2. The molecular formula is C15H17ClN4O2S. The van der Waals surface area contributed by atoms with Gasteiger partial charge in [-0.3, -0.25) is 9.59 Å². The first-order chi connectivity index (χ1) is 10.6. The summed E-state index contributed by atoms with van der Waals surface area (Å²) < 4.78 is 0. The van der Waals surface area contributed by atoms with Crippen LogP contribution < -0.4 is 16.0 Å². The Morgan fingerprint density at radius 2 is 2.22 bits per heavy atom. The number of aromatic nitrogens is 1. The standard InChI is InChI=1S/C15H16N4O2S.ClH/c1-9(20)19-5-4-10-6-11(2-3-13(10)19)17-15(21)12-8-22-14(7-16)18-12;/h2-3,6,8H,4-5,7,16H2,1H3,(H,17,21);1H. The van der Waals surface area contributed by atoms with Crippen molar-refractivity contribution in [3.8, 4) is 0 Å². The lowest BCUT2D eigenvalue weighted by Crippen LogP contribution is -2.25. The molecule has 0 fully saturated rings. The number of carbonyl (C=O) groups excluding carboxylic acids is 2. The molecule has 122 valence electrons. The van der Waals surface area contributed by atoms with E-state index in [-0.39, 0.29) is 24.2 Å². The van der Waals surface area contributed by atoms with Crippen LogP contribution in [0, 0.1) is 0 Å². The Labute approximate surface area is 144 Å². The third-order valence-corrected chi connectivity index (χ3v) is 4.44. The minimum absolute atomic E-state index is 0. The average Bonchev–Trinajstić information content (AvgIpc) is 3.13. The molecule has 0 aliphatic carbocycles. The summed E-state index contributed by atoms with van der Waals surface area (Å²) in [6.07, 6.45) is 0.798. The second-order valence-electron chi connectivity index (χ2n) is 5.05. The van der Waals surface area contributed by atoms with E-state index >= 15 is 0 Å². The summed E-state index contributed by atoms with van der Waals surface area (Å²) in [7, 11) is 0. The molecule has 0 atom stereocenters. The first kappa shape index (κ1) is 17.4. The first-order valence-electron chi connectivity index (χ1n) is 6.95. The van der Waals surface area contributed by atoms with Gasteiger partial charge in [0.05, 0.1) is 0 Å². The van der Waals surface area contributed by atoms with Crippen molar-refractivity contribution in [2.75, 3.05) is 16.8 Å². The van der Waals surface area contributed by atoms with Crippen LogP contribution in [-0.4, -0.2) is 23.3 Å². The van der Waals surface area contributed by atoms with Crippen molar-refractivity contribution in [1.82, 2.24) is 4.98 Å². The van der Waals surface area contributed by atoms with Gasteiger partial charge < -0.3 is 16.0 Å². The smallest absolute Gasteiger partial charge is 0.275 e. The van der Waals surface area contributed by atoms with Crippen molar-refractivity contribution in [2.24, 2.45) is 5.73 Å². The predicted molar refractivity (Wildman–Crippen MR) is 93.4 cm³/mol. The van der Waals surface area contributed by atoms with Gasteiger partial charge in [-0.1, -0.05) is 0 Å². The van der Waals surface area contributed by atoms with Crippen molar-refractivity contribution < 1.29 is 9.59 Å². The molecule has 0 unspecified atom stereocenters. The fourth-order valence-corrected chi connectivity index (χ4v) is 3.17. The fourth-order valence-electron chi connectivity index (χ4n) is 2.51. The van der Waals surface area contributed by atoms with E-state index in [2.05, 4.69) is 10.3 Å². The van der Waals surface area contributed by atoms with E-state index in [4.69, 9.17) is 5.73 Å². The lowest BCUT2D eigenvalue weighted by Gasteiger charge is -2.14. The van der Waals surface area contributed by atoms with E-state index in [0.29, 0.717) is 24.5 Å². The zero-order valence-corrected chi connectivity index (χ0v) is 14.2.